The summed E-state index contributed by atoms with van der Waals surface area (Å²) >= 11 is 0. The van der Waals surface area contributed by atoms with Gasteiger partial charge in [0, 0.05) is 6.42 Å². The summed E-state index contributed by atoms with van der Waals surface area (Å²) in [5, 5.41) is 13.8. The standard InChI is InChI=1S/C58H113N2O6P/c1-6-8-10-12-14-16-18-19-20-21-22-23-24-25-26-27-28-29-30-31-32-33-34-35-36-37-38-39-40-42-44-46-48-50-52-58(62)59-56(55-66-67(63,64)65-54-53-60(3,4)5)57(61)51-49-47-45-43-41-17-15-13-11-9-7-2/h11,13,41,43,49,51,56-57,61H,6-10,12,14-40,42,44-48,50,52-55H2,1-5H3,(H-,59,62,63,64)/p+1/b13-11+,43-41+,51-49+. The average molecular weight is 967 g/mol. The molecule has 3 unspecified atom stereocenters. The van der Waals surface area contributed by atoms with Gasteiger partial charge in [-0.05, 0) is 38.5 Å². The van der Waals surface area contributed by atoms with Gasteiger partial charge in [-0.3, -0.25) is 13.8 Å². The van der Waals surface area contributed by atoms with Crippen molar-refractivity contribution < 1.29 is 32.9 Å². The van der Waals surface area contributed by atoms with Gasteiger partial charge >= 0.3 is 7.82 Å². The highest BCUT2D eigenvalue weighted by Crippen LogP contribution is 2.43. The number of amides is 1. The molecule has 3 N–H and O–H groups in total. The van der Waals surface area contributed by atoms with Crippen molar-refractivity contribution in [3.05, 3.63) is 36.5 Å². The van der Waals surface area contributed by atoms with Crippen LogP contribution in [-0.2, 0) is 18.4 Å². The van der Waals surface area contributed by atoms with Gasteiger partial charge < -0.3 is 19.8 Å². The van der Waals surface area contributed by atoms with Crippen LogP contribution in [0.15, 0.2) is 36.5 Å². The summed E-state index contributed by atoms with van der Waals surface area (Å²) in [6.07, 6.45) is 64.3. The summed E-state index contributed by atoms with van der Waals surface area (Å²) in [6.45, 7) is 4.73. The first-order valence-corrected chi connectivity index (χ1v) is 30.4. The molecule has 3 atom stereocenters. The van der Waals surface area contributed by atoms with Crippen molar-refractivity contribution >= 4 is 13.7 Å². The average Bonchev–Trinajstić information content (AvgIpc) is 3.29. The fraction of sp³-hybridized carbons (Fsp3) is 0.879. The lowest BCUT2D eigenvalue weighted by atomic mass is 10.0. The number of likely N-dealkylation sites (N-methyl/N-ethyl adjacent to an activating group) is 1. The first-order chi connectivity index (χ1) is 32.5. The minimum atomic E-state index is -4.35. The Morgan fingerprint density at radius 3 is 1.16 bits per heavy atom. The fourth-order valence-electron chi connectivity index (χ4n) is 8.55. The Morgan fingerprint density at radius 2 is 0.821 bits per heavy atom. The van der Waals surface area contributed by atoms with E-state index in [1.165, 1.54) is 205 Å². The number of unbranched alkanes of at least 4 members (excludes halogenated alkanes) is 36. The summed E-state index contributed by atoms with van der Waals surface area (Å²) in [5.41, 5.74) is 0. The van der Waals surface area contributed by atoms with E-state index in [1.54, 1.807) is 6.08 Å². The second-order valence-electron chi connectivity index (χ2n) is 21.0. The third-order valence-corrected chi connectivity index (χ3v) is 14.1. The summed E-state index contributed by atoms with van der Waals surface area (Å²) < 4.78 is 23.6. The lowest BCUT2D eigenvalue weighted by Crippen LogP contribution is -2.45. The molecular weight excluding hydrogens is 852 g/mol. The van der Waals surface area contributed by atoms with E-state index in [0.717, 1.165) is 51.4 Å². The molecule has 0 heterocycles. The summed E-state index contributed by atoms with van der Waals surface area (Å²) in [5.74, 6) is -0.188. The van der Waals surface area contributed by atoms with E-state index < -0.39 is 20.0 Å². The predicted molar refractivity (Wildman–Crippen MR) is 291 cm³/mol. The maximum absolute atomic E-state index is 12.9. The number of phosphoric ester groups is 1. The van der Waals surface area contributed by atoms with Crippen molar-refractivity contribution in [3.63, 3.8) is 0 Å². The molecule has 0 bridgehead atoms. The lowest BCUT2D eigenvalue weighted by molar-refractivity contribution is -0.870. The number of quaternary nitrogens is 1. The molecule has 0 aromatic heterocycles. The van der Waals surface area contributed by atoms with Crippen LogP contribution in [0.25, 0.3) is 0 Å². The number of carbonyl (C=O) groups excluding carboxylic acids is 1. The second kappa shape index (κ2) is 49.7. The van der Waals surface area contributed by atoms with Crippen LogP contribution in [0.5, 0.6) is 0 Å². The van der Waals surface area contributed by atoms with Crippen LogP contribution in [0.4, 0.5) is 0 Å². The normalized spacial score (nSPS) is 14.2. The SMILES string of the molecule is CCC/C=C/CC/C=C/CC/C=C/C(O)C(COP(=O)(O)OCC[N+](C)(C)C)NC(=O)CCCCCCCCCCCCCCCCCCCCCCCCCCCCCCCCCCCC. The molecule has 0 aromatic carbocycles. The predicted octanol–water partition coefficient (Wildman–Crippen LogP) is 17.4. The molecule has 67 heavy (non-hydrogen) atoms. The Balaban J connectivity index is 3.91. The van der Waals surface area contributed by atoms with Crippen LogP contribution in [0, 0.1) is 0 Å². The number of phosphoric acid groups is 1. The Kier molecular flexibility index (Phi) is 48.7. The molecule has 0 aliphatic carbocycles. The molecule has 0 radical (unpaired) electrons. The zero-order valence-corrected chi connectivity index (χ0v) is 46.0. The molecule has 396 valence electrons. The number of nitrogens with one attached hydrogen (secondary N) is 1. The number of nitrogens with zero attached hydrogens (tertiary/aromatic N) is 1. The quantitative estimate of drug-likeness (QED) is 0.0243. The second-order valence-corrected chi connectivity index (χ2v) is 22.5. The number of allylic oxidation sites excluding steroid dienone is 5. The Morgan fingerprint density at radius 1 is 0.493 bits per heavy atom. The van der Waals surface area contributed by atoms with E-state index in [2.05, 4.69) is 43.5 Å². The molecule has 1 amide bonds. The monoisotopic (exact) mass is 966 g/mol. The maximum atomic E-state index is 12.9. The highest BCUT2D eigenvalue weighted by atomic mass is 31.2. The zero-order chi connectivity index (χ0) is 49.2. The smallest absolute Gasteiger partial charge is 0.387 e. The van der Waals surface area contributed by atoms with E-state index in [4.69, 9.17) is 9.05 Å². The van der Waals surface area contributed by atoms with Crippen LogP contribution < -0.4 is 5.32 Å². The number of aliphatic hydroxyl groups excluding tert-OH is 1. The minimum absolute atomic E-state index is 0.0546. The van der Waals surface area contributed by atoms with Crippen molar-refractivity contribution in [2.45, 2.75) is 289 Å². The van der Waals surface area contributed by atoms with E-state index in [9.17, 15) is 19.4 Å². The van der Waals surface area contributed by atoms with Gasteiger partial charge in [0.15, 0.2) is 0 Å². The molecule has 0 aliphatic rings. The van der Waals surface area contributed by atoms with E-state index in [1.807, 2.05) is 27.2 Å². The third-order valence-electron chi connectivity index (χ3n) is 13.1. The van der Waals surface area contributed by atoms with Crippen molar-refractivity contribution in [2.75, 3.05) is 40.9 Å². The van der Waals surface area contributed by atoms with Gasteiger partial charge in [-0.2, -0.15) is 0 Å². The number of hydrogen-bond acceptors (Lipinski definition) is 5. The molecule has 0 spiro atoms. The summed E-state index contributed by atoms with van der Waals surface area (Å²) in [6, 6.07) is -0.866. The largest absolute Gasteiger partial charge is 0.472 e. The Bertz CT molecular complexity index is 1190. The molecule has 8 nitrogen and oxygen atoms in total. The van der Waals surface area contributed by atoms with E-state index in [0.29, 0.717) is 17.4 Å². The first-order valence-electron chi connectivity index (χ1n) is 28.9. The van der Waals surface area contributed by atoms with E-state index >= 15 is 0 Å². The highest BCUT2D eigenvalue weighted by Gasteiger charge is 2.27. The summed E-state index contributed by atoms with van der Waals surface area (Å²) in [7, 11) is 1.55. The number of hydrogen-bond donors (Lipinski definition) is 3. The molecule has 9 heteroatoms. The topological polar surface area (TPSA) is 105 Å². The van der Waals surface area contributed by atoms with Crippen LogP contribution in [0.2, 0.25) is 0 Å². The molecule has 0 fully saturated rings. The van der Waals surface area contributed by atoms with Gasteiger partial charge in [0.2, 0.25) is 5.91 Å². The third kappa shape index (κ3) is 52.4. The molecule has 0 rings (SSSR count). The first kappa shape index (κ1) is 65.7. The summed E-state index contributed by atoms with van der Waals surface area (Å²) in [4.78, 5) is 23.2. The minimum Gasteiger partial charge on any atom is -0.387 e. The van der Waals surface area contributed by atoms with Gasteiger partial charge in [0.05, 0.1) is 39.9 Å². The van der Waals surface area contributed by atoms with Crippen molar-refractivity contribution in [1.82, 2.24) is 5.32 Å². The van der Waals surface area contributed by atoms with Crippen LogP contribution in [0.1, 0.15) is 277 Å². The molecule has 0 aromatic rings. The van der Waals surface area contributed by atoms with Crippen molar-refractivity contribution in [1.29, 1.82) is 0 Å². The van der Waals surface area contributed by atoms with Gasteiger partial charge in [-0.1, -0.05) is 269 Å². The Hall–Kier alpha value is -1.28. The van der Waals surface area contributed by atoms with Gasteiger partial charge in [0.1, 0.15) is 13.2 Å². The van der Waals surface area contributed by atoms with E-state index in [-0.39, 0.29) is 19.1 Å². The molecule has 0 saturated heterocycles. The molecule has 0 aliphatic heterocycles. The van der Waals surface area contributed by atoms with Gasteiger partial charge in [0.25, 0.3) is 0 Å². The Labute approximate surface area is 417 Å². The van der Waals surface area contributed by atoms with Crippen LogP contribution >= 0.6 is 7.82 Å². The van der Waals surface area contributed by atoms with Crippen molar-refractivity contribution in [2.24, 2.45) is 0 Å². The molecule has 0 saturated carbocycles. The van der Waals surface area contributed by atoms with Crippen LogP contribution in [-0.4, -0.2) is 73.4 Å². The number of carbonyl (C=O) groups is 1. The van der Waals surface area contributed by atoms with Crippen LogP contribution in [0.3, 0.4) is 0 Å². The maximum Gasteiger partial charge on any atom is 0.472 e. The zero-order valence-electron chi connectivity index (χ0n) is 45.2. The number of aliphatic hydroxyl groups is 1. The highest BCUT2D eigenvalue weighted by molar-refractivity contribution is 7.47. The van der Waals surface area contributed by atoms with Gasteiger partial charge in [-0.15, -0.1) is 0 Å². The fourth-order valence-corrected chi connectivity index (χ4v) is 9.29. The lowest BCUT2D eigenvalue weighted by Gasteiger charge is -2.25. The number of rotatable bonds is 53. The molecular formula is C58H114N2O6P+. The van der Waals surface area contributed by atoms with Gasteiger partial charge in [-0.25, -0.2) is 4.57 Å². The van der Waals surface area contributed by atoms with Crippen molar-refractivity contribution in [3.8, 4) is 0 Å².